The second-order valence-electron chi connectivity index (χ2n) is 5.45. The summed E-state index contributed by atoms with van der Waals surface area (Å²) < 4.78 is 24.1. The minimum Gasteiger partial charge on any atom is -0.546 e. The Morgan fingerprint density at radius 3 is 1.41 bits per heavy atom. The van der Waals surface area contributed by atoms with Crippen molar-refractivity contribution in [3.05, 3.63) is 0 Å². The molecule has 0 unspecified atom stereocenters. The van der Waals surface area contributed by atoms with Crippen molar-refractivity contribution in [3.8, 4) is 0 Å². The van der Waals surface area contributed by atoms with Gasteiger partial charge in [0, 0.05) is 34.6 Å². The third-order valence-electron chi connectivity index (χ3n) is 2.89. The van der Waals surface area contributed by atoms with Crippen LogP contribution in [0.25, 0.3) is 0 Å². The van der Waals surface area contributed by atoms with E-state index in [0.29, 0.717) is 0 Å². The van der Waals surface area contributed by atoms with Crippen LogP contribution in [0.1, 0.15) is 34.6 Å². The van der Waals surface area contributed by atoms with Crippen molar-refractivity contribution in [1.29, 1.82) is 0 Å². The van der Waals surface area contributed by atoms with Crippen molar-refractivity contribution in [2.24, 2.45) is 0 Å². The predicted octanol–water partition coefficient (Wildman–Crippen LogP) is -4.97. The van der Waals surface area contributed by atoms with Gasteiger partial charge in [0.05, 0.1) is 5.97 Å². The number of carboxylic acid groups (broad SMARTS) is 1. The van der Waals surface area contributed by atoms with E-state index in [1.165, 1.54) is 0 Å². The van der Waals surface area contributed by atoms with Gasteiger partial charge in [-0.05, 0) is 0 Å². The first-order valence-electron chi connectivity index (χ1n) is 7.88. The Hall–Kier alpha value is -2.18. The Morgan fingerprint density at radius 2 is 1.07 bits per heavy atom. The normalized spacial score (nSPS) is 14.0. The zero-order chi connectivity index (χ0) is 22.0. The average Bonchev–Trinajstić information content (AvgIpc) is 2.51. The fourth-order valence-corrected chi connectivity index (χ4v) is 2.08. The number of rotatable bonds is 10. The maximum absolute atomic E-state index is 11.5. The van der Waals surface area contributed by atoms with Crippen molar-refractivity contribution in [2.45, 2.75) is 59.0 Å². The topological polar surface area (TPSA) is 172 Å². The van der Waals surface area contributed by atoms with Crippen molar-refractivity contribution < 1.29 is 87.1 Å². The third-order valence-corrected chi connectivity index (χ3v) is 2.89. The van der Waals surface area contributed by atoms with E-state index in [1.54, 1.807) is 0 Å². The van der Waals surface area contributed by atoms with Gasteiger partial charge in [0.15, 0.2) is 24.4 Å². The van der Waals surface area contributed by atoms with Crippen LogP contribution in [-0.4, -0.2) is 66.8 Å². The molecule has 12 nitrogen and oxygen atoms in total. The van der Waals surface area contributed by atoms with Crippen LogP contribution in [0.5, 0.6) is 0 Å². The van der Waals surface area contributed by atoms with Gasteiger partial charge in [0.2, 0.25) is 0 Å². The van der Waals surface area contributed by atoms with E-state index < -0.39 is 66.8 Å². The molecule has 13 heteroatoms. The van der Waals surface area contributed by atoms with Gasteiger partial charge in [-0.3, -0.25) is 24.0 Å². The van der Waals surface area contributed by atoms with E-state index >= 15 is 0 Å². The van der Waals surface area contributed by atoms with Crippen LogP contribution in [0.2, 0.25) is 0 Å². The molecule has 0 amide bonds. The molecular weight excluding hydrogens is 407 g/mol. The maximum Gasteiger partial charge on any atom is 1.00 e. The van der Waals surface area contributed by atoms with Crippen LogP contribution >= 0.6 is 0 Å². The minimum atomic E-state index is -2.22. The fourth-order valence-electron chi connectivity index (χ4n) is 2.08. The number of esters is 5. The predicted molar refractivity (Wildman–Crippen MR) is 83.9 cm³/mol. The largest absolute Gasteiger partial charge is 1.00 e. The van der Waals surface area contributed by atoms with Crippen LogP contribution in [0, 0.1) is 0 Å². The van der Waals surface area contributed by atoms with Crippen LogP contribution in [0.15, 0.2) is 0 Å². The molecule has 0 rings (SSSR count). The summed E-state index contributed by atoms with van der Waals surface area (Å²) in [6.45, 7) is 4.07. The molecule has 0 aromatic carbocycles. The summed E-state index contributed by atoms with van der Waals surface area (Å²) in [7, 11) is 0. The van der Waals surface area contributed by atoms with E-state index in [-0.39, 0.29) is 29.6 Å². The second-order valence-corrected chi connectivity index (χ2v) is 5.45. The number of carbonyl (C=O) groups is 6. The van der Waals surface area contributed by atoms with Gasteiger partial charge < -0.3 is 33.6 Å². The maximum atomic E-state index is 11.5. The molecule has 0 aromatic rings. The molecule has 0 aliphatic carbocycles. The van der Waals surface area contributed by atoms with Crippen LogP contribution < -0.4 is 34.7 Å². The van der Waals surface area contributed by atoms with E-state index in [2.05, 4.69) is 4.74 Å². The first kappa shape index (κ1) is 29.0. The van der Waals surface area contributed by atoms with E-state index in [0.717, 1.165) is 34.6 Å². The van der Waals surface area contributed by atoms with Crippen LogP contribution in [0.4, 0.5) is 0 Å². The molecule has 158 valence electrons. The van der Waals surface area contributed by atoms with E-state index in [4.69, 9.17) is 18.9 Å². The Bertz CT molecular complexity index is 631. The zero-order valence-corrected chi connectivity index (χ0v) is 18.9. The first-order chi connectivity index (χ1) is 12.8. The molecule has 0 aliphatic heterocycles. The molecule has 0 bridgehead atoms. The second kappa shape index (κ2) is 13.9. The molecule has 0 saturated heterocycles. The standard InChI is InChI=1S/C16H22O12.Na/c1-7(17)24-6-12(25-8(2)18)13(26-9(3)19)14(27-10(4)20)15(16(22)23)28-11(5)21;/h12-15H,6H2,1-5H3,(H,22,23);/q;+1/p-1/t12-,13-,14+,15-;/m1./s1. The number of hydrogen-bond acceptors (Lipinski definition) is 12. The molecular formula is C16H21NaO12. The van der Waals surface area contributed by atoms with Crippen molar-refractivity contribution in [1.82, 2.24) is 0 Å². The summed E-state index contributed by atoms with van der Waals surface area (Å²) in [6.07, 6.45) is -7.60. The SMILES string of the molecule is CC(=O)OC[C@@H](OC(C)=O)[C@@H](OC(C)=O)[C@H](OC(C)=O)[C@@H](OC(C)=O)C(=O)[O-].[Na+]. The molecule has 0 aliphatic rings. The molecule has 4 atom stereocenters. The van der Waals surface area contributed by atoms with Gasteiger partial charge in [-0.1, -0.05) is 0 Å². The van der Waals surface area contributed by atoms with Crippen LogP contribution in [-0.2, 0) is 52.5 Å². The summed E-state index contributed by atoms with van der Waals surface area (Å²) in [6, 6.07) is 0. The first-order valence-corrected chi connectivity index (χ1v) is 7.88. The van der Waals surface area contributed by atoms with Gasteiger partial charge in [-0.15, -0.1) is 0 Å². The molecule has 0 heterocycles. The van der Waals surface area contributed by atoms with Crippen molar-refractivity contribution in [2.75, 3.05) is 6.61 Å². The summed E-state index contributed by atoms with van der Waals surface area (Å²) in [5.74, 6) is -6.77. The van der Waals surface area contributed by atoms with Gasteiger partial charge in [-0.2, -0.15) is 0 Å². The summed E-state index contributed by atoms with van der Waals surface area (Å²) in [5, 5.41) is 11.4. The number of carbonyl (C=O) groups excluding carboxylic acids is 6. The molecule has 29 heavy (non-hydrogen) atoms. The summed E-state index contributed by atoms with van der Waals surface area (Å²) >= 11 is 0. The van der Waals surface area contributed by atoms with Gasteiger partial charge in [-0.25, -0.2) is 0 Å². The molecule has 0 radical (unpaired) electrons. The van der Waals surface area contributed by atoms with Crippen molar-refractivity contribution >= 4 is 35.8 Å². The summed E-state index contributed by atoms with van der Waals surface area (Å²) in [4.78, 5) is 68.1. The average molecular weight is 428 g/mol. The van der Waals surface area contributed by atoms with E-state index in [1.807, 2.05) is 0 Å². The Morgan fingerprint density at radius 1 is 0.655 bits per heavy atom. The number of carboxylic acids is 1. The molecule has 0 aromatic heterocycles. The molecule has 0 fully saturated rings. The quantitative estimate of drug-likeness (QED) is 0.185. The van der Waals surface area contributed by atoms with Crippen molar-refractivity contribution in [3.63, 3.8) is 0 Å². The molecule has 0 spiro atoms. The van der Waals surface area contributed by atoms with Gasteiger partial charge in [0.25, 0.3) is 0 Å². The minimum absolute atomic E-state index is 0. The van der Waals surface area contributed by atoms with Gasteiger partial charge in [0.1, 0.15) is 6.61 Å². The molecule has 0 N–H and O–H groups in total. The zero-order valence-electron chi connectivity index (χ0n) is 16.9. The summed E-state index contributed by atoms with van der Waals surface area (Å²) in [5.41, 5.74) is 0. The Labute approximate surface area is 188 Å². The Balaban J connectivity index is 0. The fraction of sp³-hybridized carbons (Fsp3) is 0.625. The Kier molecular flexibility index (Phi) is 13.9. The number of ether oxygens (including phenoxy) is 5. The van der Waals surface area contributed by atoms with E-state index in [9.17, 15) is 33.9 Å². The molecule has 0 saturated carbocycles. The smallest absolute Gasteiger partial charge is 0.546 e. The monoisotopic (exact) mass is 428 g/mol. The van der Waals surface area contributed by atoms with Gasteiger partial charge >= 0.3 is 59.4 Å². The number of hydrogen-bond donors (Lipinski definition) is 0. The third kappa shape index (κ3) is 12.1. The van der Waals surface area contributed by atoms with Crippen LogP contribution in [0.3, 0.4) is 0 Å². The number of aliphatic carboxylic acids is 1.